The first-order valence-corrected chi connectivity index (χ1v) is 5.92. The molecule has 6 heteroatoms. The van der Waals surface area contributed by atoms with Crippen molar-refractivity contribution in [3.8, 4) is 0 Å². The number of amides is 1. The Morgan fingerprint density at radius 2 is 1.70 bits per heavy atom. The zero-order valence-corrected chi connectivity index (χ0v) is 10.6. The summed E-state index contributed by atoms with van der Waals surface area (Å²) in [6.07, 6.45) is 5.92. The Morgan fingerprint density at radius 3 is 2.45 bits per heavy atom. The lowest BCUT2D eigenvalue weighted by Crippen LogP contribution is -2.17. The molecule has 2 rings (SSSR count). The zero-order valence-electron chi connectivity index (χ0n) is 10.6. The average Bonchev–Trinajstić information content (AvgIpc) is 2.52. The van der Waals surface area contributed by atoms with E-state index < -0.39 is 0 Å². The fourth-order valence-corrected chi connectivity index (χ4v) is 1.35. The molecular weight excluding hydrogens is 254 g/mol. The van der Waals surface area contributed by atoms with Crippen molar-refractivity contribution in [3.63, 3.8) is 0 Å². The van der Waals surface area contributed by atoms with E-state index in [9.17, 15) is 4.79 Å². The maximum atomic E-state index is 11.6. The van der Waals surface area contributed by atoms with Gasteiger partial charge in [0.15, 0.2) is 0 Å². The van der Waals surface area contributed by atoms with Gasteiger partial charge in [-0.2, -0.15) is 10.2 Å². The first kappa shape index (κ1) is 13.4. The van der Waals surface area contributed by atoms with Crippen LogP contribution in [0.2, 0.25) is 0 Å². The fraction of sp³-hybridized carbons (Fsp3) is 0. The summed E-state index contributed by atoms with van der Waals surface area (Å²) in [4.78, 5) is 15.4. The summed E-state index contributed by atoms with van der Waals surface area (Å²) in [6.45, 7) is 0. The maximum absolute atomic E-state index is 11.6. The molecule has 20 heavy (non-hydrogen) atoms. The average molecular weight is 267 g/mol. The van der Waals surface area contributed by atoms with Crippen LogP contribution in [-0.2, 0) is 0 Å². The molecule has 1 heterocycles. The molecule has 0 saturated heterocycles. The molecule has 6 nitrogen and oxygen atoms in total. The van der Waals surface area contributed by atoms with E-state index in [1.165, 1.54) is 12.4 Å². The van der Waals surface area contributed by atoms with E-state index in [1.807, 2.05) is 30.3 Å². The predicted molar refractivity (Wildman–Crippen MR) is 78.8 cm³/mol. The fourth-order valence-electron chi connectivity index (χ4n) is 1.35. The van der Waals surface area contributed by atoms with Crippen molar-refractivity contribution in [2.24, 2.45) is 10.2 Å². The third kappa shape index (κ3) is 4.34. The van der Waals surface area contributed by atoms with Crippen LogP contribution < -0.4 is 10.9 Å². The number of benzene rings is 1. The van der Waals surface area contributed by atoms with Gasteiger partial charge in [-0.15, -0.1) is 0 Å². The van der Waals surface area contributed by atoms with Crippen LogP contribution in [0.1, 0.15) is 10.4 Å². The molecule has 1 aromatic carbocycles. The molecule has 0 aliphatic heterocycles. The molecular formula is C14H13N5O. The van der Waals surface area contributed by atoms with E-state index in [0.29, 0.717) is 5.56 Å². The molecule has 0 aliphatic rings. The van der Waals surface area contributed by atoms with Gasteiger partial charge < -0.3 is 0 Å². The quantitative estimate of drug-likeness (QED) is 0.641. The van der Waals surface area contributed by atoms with E-state index in [1.54, 1.807) is 24.5 Å². The second kappa shape index (κ2) is 7.42. The Balaban J connectivity index is 1.76. The van der Waals surface area contributed by atoms with E-state index in [4.69, 9.17) is 0 Å². The Bertz CT molecular complexity index is 595. The SMILES string of the molecule is O=C(NN=CC=NNc1ccccc1)c1ccncc1. The van der Waals surface area contributed by atoms with Crippen LogP contribution in [0.5, 0.6) is 0 Å². The number of nitrogens with zero attached hydrogens (tertiary/aromatic N) is 3. The van der Waals surface area contributed by atoms with Gasteiger partial charge in [-0.3, -0.25) is 15.2 Å². The van der Waals surface area contributed by atoms with Crippen molar-refractivity contribution in [1.82, 2.24) is 10.4 Å². The van der Waals surface area contributed by atoms with Gasteiger partial charge in [0.05, 0.1) is 18.1 Å². The van der Waals surface area contributed by atoms with Crippen LogP contribution in [0.3, 0.4) is 0 Å². The number of hydrazone groups is 2. The lowest BCUT2D eigenvalue weighted by Gasteiger charge is -1.98. The Morgan fingerprint density at radius 1 is 1.00 bits per heavy atom. The monoisotopic (exact) mass is 267 g/mol. The number of rotatable bonds is 5. The number of anilines is 1. The molecule has 100 valence electrons. The molecule has 0 fully saturated rings. The molecule has 0 saturated carbocycles. The van der Waals surface area contributed by atoms with Crippen LogP contribution >= 0.6 is 0 Å². The molecule has 2 N–H and O–H groups in total. The molecule has 0 radical (unpaired) electrons. The third-order valence-corrected chi connectivity index (χ3v) is 2.29. The summed E-state index contributed by atoms with van der Waals surface area (Å²) in [7, 11) is 0. The summed E-state index contributed by atoms with van der Waals surface area (Å²) >= 11 is 0. The van der Waals surface area contributed by atoms with Gasteiger partial charge >= 0.3 is 0 Å². The standard InChI is InChI=1S/C14H13N5O/c20-14(12-6-8-15-9-7-12)19-17-11-10-16-18-13-4-2-1-3-5-13/h1-11,18H,(H,19,20). The number of pyridine rings is 1. The molecule has 0 bridgehead atoms. The van der Waals surface area contributed by atoms with Crippen molar-refractivity contribution in [1.29, 1.82) is 0 Å². The van der Waals surface area contributed by atoms with Gasteiger partial charge in [0.25, 0.3) is 5.91 Å². The van der Waals surface area contributed by atoms with Crippen LogP contribution in [0.25, 0.3) is 0 Å². The zero-order chi connectivity index (χ0) is 14.0. The van der Waals surface area contributed by atoms with E-state index in [-0.39, 0.29) is 5.91 Å². The maximum Gasteiger partial charge on any atom is 0.271 e. The topological polar surface area (TPSA) is 78.7 Å². The second-order valence-corrected chi connectivity index (χ2v) is 3.71. The number of carbonyl (C=O) groups excluding carboxylic acids is 1. The highest BCUT2D eigenvalue weighted by Gasteiger charge is 2.01. The van der Waals surface area contributed by atoms with Crippen LogP contribution in [0, 0.1) is 0 Å². The molecule has 2 aromatic rings. The molecule has 1 amide bonds. The largest absolute Gasteiger partial charge is 0.278 e. The first-order valence-electron chi connectivity index (χ1n) is 5.92. The van der Waals surface area contributed by atoms with E-state index >= 15 is 0 Å². The summed E-state index contributed by atoms with van der Waals surface area (Å²) in [6, 6.07) is 12.7. The van der Waals surface area contributed by atoms with Crippen molar-refractivity contribution in [2.75, 3.05) is 5.43 Å². The molecule has 0 unspecified atom stereocenters. The number of para-hydroxylation sites is 1. The number of hydrogen-bond acceptors (Lipinski definition) is 5. The Labute approximate surface area is 116 Å². The predicted octanol–water partition coefficient (Wildman–Crippen LogP) is 1.90. The summed E-state index contributed by atoms with van der Waals surface area (Å²) in [5.41, 5.74) is 6.57. The number of aromatic nitrogens is 1. The Kier molecular flexibility index (Phi) is 4.98. The minimum Gasteiger partial charge on any atom is -0.278 e. The van der Waals surface area contributed by atoms with E-state index in [2.05, 4.69) is 26.0 Å². The summed E-state index contributed by atoms with van der Waals surface area (Å²) in [5.74, 6) is -0.298. The lowest BCUT2D eigenvalue weighted by atomic mass is 10.3. The molecule has 0 aliphatic carbocycles. The van der Waals surface area contributed by atoms with Crippen LogP contribution in [-0.4, -0.2) is 23.3 Å². The summed E-state index contributed by atoms with van der Waals surface area (Å²) in [5, 5.41) is 7.67. The molecule has 1 aromatic heterocycles. The molecule has 0 spiro atoms. The van der Waals surface area contributed by atoms with Crippen molar-refractivity contribution in [3.05, 3.63) is 60.4 Å². The van der Waals surface area contributed by atoms with Crippen molar-refractivity contribution < 1.29 is 4.79 Å². The van der Waals surface area contributed by atoms with Gasteiger partial charge in [0.1, 0.15) is 0 Å². The number of nitrogens with one attached hydrogen (secondary N) is 2. The highest BCUT2D eigenvalue weighted by Crippen LogP contribution is 2.03. The second-order valence-electron chi connectivity index (χ2n) is 3.71. The van der Waals surface area contributed by atoms with Gasteiger partial charge in [-0.25, -0.2) is 5.43 Å². The van der Waals surface area contributed by atoms with Crippen LogP contribution in [0.15, 0.2) is 65.1 Å². The Hall–Kier alpha value is -3.02. The highest BCUT2D eigenvalue weighted by atomic mass is 16.2. The van der Waals surface area contributed by atoms with Crippen molar-refractivity contribution in [2.45, 2.75) is 0 Å². The number of carbonyl (C=O) groups is 1. The van der Waals surface area contributed by atoms with Crippen LogP contribution in [0.4, 0.5) is 5.69 Å². The first-order chi connectivity index (χ1) is 9.86. The van der Waals surface area contributed by atoms with Gasteiger partial charge in [-0.1, -0.05) is 18.2 Å². The van der Waals surface area contributed by atoms with E-state index in [0.717, 1.165) is 5.69 Å². The van der Waals surface area contributed by atoms with Gasteiger partial charge in [0.2, 0.25) is 0 Å². The minimum absolute atomic E-state index is 0.298. The lowest BCUT2D eigenvalue weighted by molar-refractivity contribution is 0.0955. The van der Waals surface area contributed by atoms with Gasteiger partial charge in [0, 0.05) is 18.0 Å². The third-order valence-electron chi connectivity index (χ3n) is 2.29. The highest BCUT2D eigenvalue weighted by molar-refractivity contribution is 6.16. The normalized spacial score (nSPS) is 10.8. The minimum atomic E-state index is -0.298. The summed E-state index contributed by atoms with van der Waals surface area (Å²) < 4.78 is 0. The number of hydrogen-bond donors (Lipinski definition) is 2. The van der Waals surface area contributed by atoms with Gasteiger partial charge in [-0.05, 0) is 24.3 Å². The van der Waals surface area contributed by atoms with Crippen molar-refractivity contribution >= 4 is 24.0 Å². The smallest absolute Gasteiger partial charge is 0.271 e. The molecule has 0 atom stereocenters.